The van der Waals surface area contributed by atoms with Crippen molar-refractivity contribution in [1.29, 1.82) is 0 Å². The van der Waals surface area contributed by atoms with Crippen molar-refractivity contribution in [2.24, 2.45) is 11.1 Å². The Labute approximate surface area is 194 Å². The number of methoxy groups -OCH3 is 1. The second-order valence-electron chi connectivity index (χ2n) is 8.15. The number of benzene rings is 1. The fraction of sp³-hybridized carbons (Fsp3) is 0.545. The summed E-state index contributed by atoms with van der Waals surface area (Å²) in [5.74, 6) is -1.01. The number of aromatic nitrogens is 2. The zero-order valence-electron chi connectivity index (χ0n) is 18.5. The molecule has 11 heteroatoms. The van der Waals surface area contributed by atoms with Crippen molar-refractivity contribution in [1.82, 2.24) is 14.9 Å². The van der Waals surface area contributed by atoms with E-state index in [-0.39, 0.29) is 18.1 Å². The SMILES string of the molecule is COc1ccc(S(=O)NC(=O)c2noc(C(CCCC3CCCCC3)CC(=O)N=O)n2)cc1. The zero-order valence-corrected chi connectivity index (χ0v) is 19.3. The van der Waals surface area contributed by atoms with Crippen molar-refractivity contribution in [3.05, 3.63) is 40.9 Å². The molecule has 2 amide bonds. The number of carbonyl (C=O) groups is 2. The van der Waals surface area contributed by atoms with Crippen LogP contribution in [-0.2, 0) is 15.8 Å². The first-order valence-electron chi connectivity index (χ1n) is 11.1. The van der Waals surface area contributed by atoms with Gasteiger partial charge in [-0.1, -0.05) is 50.1 Å². The van der Waals surface area contributed by atoms with E-state index in [2.05, 4.69) is 20.0 Å². The van der Waals surface area contributed by atoms with Crippen LogP contribution < -0.4 is 9.46 Å². The highest BCUT2D eigenvalue weighted by atomic mass is 32.2. The maximum Gasteiger partial charge on any atom is 0.304 e. The maximum atomic E-state index is 12.4. The zero-order chi connectivity index (χ0) is 23.6. The summed E-state index contributed by atoms with van der Waals surface area (Å²) in [5.41, 5.74) is 0. The molecule has 0 radical (unpaired) electrons. The number of hydrogen-bond acceptors (Lipinski definition) is 8. The van der Waals surface area contributed by atoms with Gasteiger partial charge in [-0.05, 0) is 36.6 Å². The number of amides is 2. The fourth-order valence-electron chi connectivity index (χ4n) is 4.07. The minimum Gasteiger partial charge on any atom is -0.497 e. The van der Waals surface area contributed by atoms with Gasteiger partial charge >= 0.3 is 5.91 Å². The van der Waals surface area contributed by atoms with Gasteiger partial charge in [-0.2, -0.15) is 4.98 Å². The molecule has 1 aliphatic carbocycles. The molecule has 0 aliphatic heterocycles. The minimum atomic E-state index is -1.83. The van der Waals surface area contributed by atoms with Crippen LogP contribution in [0, 0.1) is 10.8 Å². The van der Waals surface area contributed by atoms with Crippen molar-refractivity contribution < 1.29 is 23.1 Å². The molecule has 1 fully saturated rings. The first-order chi connectivity index (χ1) is 16.0. The van der Waals surface area contributed by atoms with Gasteiger partial charge in [0.15, 0.2) is 11.0 Å². The minimum absolute atomic E-state index is 0.0935. The third-order valence-electron chi connectivity index (χ3n) is 5.87. The van der Waals surface area contributed by atoms with E-state index in [1.807, 2.05) is 0 Å². The first-order valence-corrected chi connectivity index (χ1v) is 12.2. The monoisotopic (exact) mass is 476 g/mol. The number of carbonyl (C=O) groups excluding carboxylic acids is 2. The number of hydrogen-bond donors (Lipinski definition) is 1. The molecule has 33 heavy (non-hydrogen) atoms. The van der Waals surface area contributed by atoms with Crippen LogP contribution in [0.5, 0.6) is 5.75 Å². The van der Waals surface area contributed by atoms with Crippen molar-refractivity contribution in [3.8, 4) is 5.75 Å². The topological polar surface area (TPSA) is 141 Å². The van der Waals surface area contributed by atoms with Crippen LogP contribution in [0.1, 0.15) is 80.2 Å². The molecular weight excluding hydrogens is 448 g/mol. The van der Waals surface area contributed by atoms with E-state index in [9.17, 15) is 18.7 Å². The van der Waals surface area contributed by atoms with Crippen LogP contribution in [0.25, 0.3) is 0 Å². The molecule has 2 aromatic rings. The Kier molecular flexibility index (Phi) is 9.23. The van der Waals surface area contributed by atoms with E-state index in [1.54, 1.807) is 24.3 Å². The number of nitrogens with zero attached hydrogens (tertiary/aromatic N) is 3. The van der Waals surface area contributed by atoms with Crippen molar-refractivity contribution in [2.75, 3.05) is 7.11 Å². The number of rotatable bonds is 11. The number of nitrogens with one attached hydrogen (secondary N) is 1. The van der Waals surface area contributed by atoms with Gasteiger partial charge in [0.1, 0.15) is 5.75 Å². The van der Waals surface area contributed by atoms with Crippen LogP contribution in [-0.4, -0.2) is 33.3 Å². The summed E-state index contributed by atoms with van der Waals surface area (Å²) in [6.45, 7) is 0. The summed E-state index contributed by atoms with van der Waals surface area (Å²) in [6, 6.07) is 6.39. The van der Waals surface area contributed by atoms with E-state index >= 15 is 0 Å². The molecule has 1 aliphatic rings. The van der Waals surface area contributed by atoms with Gasteiger partial charge in [0.05, 0.1) is 12.0 Å². The van der Waals surface area contributed by atoms with E-state index in [4.69, 9.17) is 9.26 Å². The summed E-state index contributed by atoms with van der Waals surface area (Å²) in [4.78, 5) is 39.2. The molecule has 0 saturated heterocycles. The summed E-state index contributed by atoms with van der Waals surface area (Å²) in [5, 5.41) is 6.14. The number of ether oxygens (including phenoxy) is 1. The first kappa shape index (κ1) is 24.7. The molecule has 0 bridgehead atoms. The lowest BCUT2D eigenvalue weighted by molar-refractivity contribution is -0.118. The molecule has 2 unspecified atom stereocenters. The normalized spacial score (nSPS) is 16.0. The molecule has 178 valence electrons. The Morgan fingerprint density at radius 2 is 1.97 bits per heavy atom. The highest BCUT2D eigenvalue weighted by Crippen LogP contribution is 2.31. The van der Waals surface area contributed by atoms with Crippen molar-refractivity contribution >= 4 is 22.8 Å². The van der Waals surface area contributed by atoms with Crippen molar-refractivity contribution in [2.45, 2.75) is 68.6 Å². The van der Waals surface area contributed by atoms with Crippen LogP contribution in [0.15, 0.2) is 38.9 Å². The molecular formula is C22H28N4O6S. The lowest BCUT2D eigenvalue weighted by Crippen LogP contribution is -2.26. The highest BCUT2D eigenvalue weighted by Gasteiger charge is 2.26. The molecule has 1 N–H and O–H groups in total. The average Bonchev–Trinajstić information content (AvgIpc) is 3.34. The Bertz CT molecular complexity index is 972. The van der Waals surface area contributed by atoms with Gasteiger partial charge in [-0.3, -0.25) is 14.3 Å². The Balaban J connectivity index is 1.61. The Morgan fingerprint density at radius 1 is 1.24 bits per heavy atom. The lowest BCUT2D eigenvalue weighted by atomic mass is 9.84. The molecule has 1 aromatic heterocycles. The predicted octanol–water partition coefficient (Wildman–Crippen LogP) is 4.05. The van der Waals surface area contributed by atoms with Crippen LogP contribution in [0.2, 0.25) is 0 Å². The summed E-state index contributed by atoms with van der Waals surface area (Å²) in [7, 11) is -0.314. The molecule has 10 nitrogen and oxygen atoms in total. The highest BCUT2D eigenvalue weighted by molar-refractivity contribution is 7.83. The third-order valence-corrected chi connectivity index (χ3v) is 6.94. The lowest BCUT2D eigenvalue weighted by Gasteiger charge is -2.21. The molecule has 1 saturated carbocycles. The smallest absolute Gasteiger partial charge is 0.304 e. The second-order valence-corrected chi connectivity index (χ2v) is 9.37. The maximum absolute atomic E-state index is 12.4. The molecule has 2 atom stereocenters. The largest absolute Gasteiger partial charge is 0.497 e. The van der Waals surface area contributed by atoms with Crippen LogP contribution >= 0.6 is 0 Å². The fourth-order valence-corrected chi connectivity index (χ4v) is 4.83. The molecule has 1 aromatic carbocycles. The molecule has 1 heterocycles. The average molecular weight is 477 g/mol. The van der Waals surface area contributed by atoms with Crippen LogP contribution in [0.4, 0.5) is 0 Å². The van der Waals surface area contributed by atoms with Crippen molar-refractivity contribution in [3.63, 3.8) is 0 Å². The van der Waals surface area contributed by atoms with Gasteiger partial charge in [-0.25, -0.2) is 4.21 Å². The quantitative estimate of drug-likeness (QED) is 0.479. The molecule has 0 spiro atoms. The summed E-state index contributed by atoms with van der Waals surface area (Å²) < 4.78 is 25.0. The van der Waals surface area contributed by atoms with Gasteiger partial charge in [0.2, 0.25) is 5.89 Å². The summed E-state index contributed by atoms with van der Waals surface area (Å²) in [6.07, 6.45) is 8.51. The van der Waals surface area contributed by atoms with Gasteiger partial charge < -0.3 is 9.26 Å². The van der Waals surface area contributed by atoms with E-state index in [0.29, 0.717) is 23.0 Å². The Morgan fingerprint density at radius 3 is 2.64 bits per heavy atom. The summed E-state index contributed by atoms with van der Waals surface area (Å²) >= 11 is 0. The van der Waals surface area contributed by atoms with Gasteiger partial charge in [0, 0.05) is 17.5 Å². The number of nitroso groups, excluding NO2 is 1. The standard InChI is InChI=1S/C22H28N4O6S/c1-31-17-10-12-18(13-11-17)33(30)26-21(28)20-23-22(32-25-20)16(14-19(27)24-29)9-5-8-15-6-3-2-4-7-15/h10-13,15-16H,2-9,14H2,1H3,(H,26,28). The van der Waals surface area contributed by atoms with E-state index < -0.39 is 28.7 Å². The van der Waals surface area contributed by atoms with E-state index in [0.717, 1.165) is 12.8 Å². The molecule has 3 rings (SSSR count). The van der Waals surface area contributed by atoms with E-state index in [1.165, 1.54) is 39.2 Å². The Hall–Kier alpha value is -2.95. The van der Waals surface area contributed by atoms with Gasteiger partial charge in [0.25, 0.3) is 11.7 Å². The third kappa shape index (κ3) is 7.28. The second kappa shape index (κ2) is 12.3. The predicted molar refractivity (Wildman–Crippen MR) is 120 cm³/mol. The van der Waals surface area contributed by atoms with Crippen LogP contribution in [0.3, 0.4) is 0 Å². The van der Waals surface area contributed by atoms with Gasteiger partial charge in [-0.15, -0.1) is 4.91 Å².